The van der Waals surface area contributed by atoms with Gasteiger partial charge in [0.25, 0.3) is 5.91 Å². The summed E-state index contributed by atoms with van der Waals surface area (Å²) in [5.41, 5.74) is 2.66. The summed E-state index contributed by atoms with van der Waals surface area (Å²) in [6.07, 6.45) is 12.0. The molecule has 3 aliphatic heterocycles. The number of likely N-dealkylation sites (tertiary alicyclic amines) is 1. The number of amides is 3. The monoisotopic (exact) mass is 1460 g/mol. The first-order valence-electron chi connectivity index (χ1n) is 32.8. The number of hydrogen-bond acceptors (Lipinski definition) is 24. The lowest BCUT2D eigenvalue weighted by atomic mass is 9.80. The number of fused-ring (bicyclic) bond motifs is 2. The number of ether oxygens (including phenoxy) is 10. The molecular formula is C63H104N3O23P3S3. The average Bonchev–Trinajstić information content (AvgIpc) is 0.885. The molecule has 5 unspecified atom stereocenters. The molecule has 3 saturated heterocycles. The Morgan fingerprint density at radius 2 is 1.04 bits per heavy atom. The molecule has 0 spiro atoms. The van der Waals surface area contributed by atoms with E-state index in [2.05, 4.69) is 14.7 Å². The normalized spacial score (nSPS) is 19.1. The molecule has 0 radical (unpaired) electrons. The Morgan fingerprint density at radius 3 is 1.58 bits per heavy atom. The molecule has 2 aromatic rings. The summed E-state index contributed by atoms with van der Waals surface area (Å²) in [4.78, 5) is 86.8. The van der Waals surface area contributed by atoms with Crippen molar-refractivity contribution in [2.45, 2.75) is 134 Å². The third kappa shape index (κ3) is 35.1. The molecule has 3 aliphatic rings. The number of benzene rings is 2. The summed E-state index contributed by atoms with van der Waals surface area (Å²) >= 11 is 15.1. The molecule has 4 N–H and O–H groups in total. The zero-order chi connectivity index (χ0) is 68.6. The molecule has 0 saturated carbocycles. The van der Waals surface area contributed by atoms with Crippen molar-refractivity contribution in [1.82, 2.24) is 15.1 Å². The molecule has 3 fully saturated rings. The first kappa shape index (κ1) is 83.2. The van der Waals surface area contributed by atoms with Crippen LogP contribution in [0.15, 0.2) is 42.5 Å². The van der Waals surface area contributed by atoms with E-state index in [0.29, 0.717) is 135 Å². The highest BCUT2D eigenvalue weighted by atomic mass is 32.5. The Balaban J connectivity index is 0.802. The smallest absolute Gasteiger partial charge is 0.324 e. The van der Waals surface area contributed by atoms with Gasteiger partial charge in [0.1, 0.15) is 11.9 Å². The van der Waals surface area contributed by atoms with E-state index >= 15 is 0 Å². The summed E-state index contributed by atoms with van der Waals surface area (Å²) < 4.78 is 87.3. The molecule has 26 nitrogen and oxygen atoms in total. The minimum absolute atomic E-state index is 0.0125. The van der Waals surface area contributed by atoms with Gasteiger partial charge in [-0.15, -0.1) is 0 Å². The largest absolute Gasteiger partial charge is 0.496 e. The van der Waals surface area contributed by atoms with Gasteiger partial charge in [-0.2, -0.15) is 0 Å². The molecule has 5 atom stereocenters. The van der Waals surface area contributed by atoms with Crippen molar-refractivity contribution in [3.8, 4) is 5.75 Å². The first-order valence-corrected chi connectivity index (χ1v) is 40.6. The minimum atomic E-state index is -3.69. The fraction of sp³-hybridized carbons (Fsp3) is 0.746. The highest BCUT2D eigenvalue weighted by molar-refractivity contribution is 8.07. The Hall–Kier alpha value is -2.45. The third-order valence-electron chi connectivity index (χ3n) is 16.3. The van der Waals surface area contributed by atoms with E-state index in [4.69, 9.17) is 105 Å². The number of methoxy groups -OCH3 is 1. The second-order valence-electron chi connectivity index (χ2n) is 23.4. The van der Waals surface area contributed by atoms with E-state index < -0.39 is 37.4 Å². The number of nitrogens with one attached hydrogen (secondary N) is 1. The van der Waals surface area contributed by atoms with Crippen LogP contribution >= 0.6 is 20.2 Å². The number of piperidine rings is 3. The highest BCUT2D eigenvalue weighted by Gasteiger charge is 2.41. The van der Waals surface area contributed by atoms with E-state index in [9.17, 15) is 33.9 Å². The molecule has 3 amide bonds. The van der Waals surface area contributed by atoms with Crippen LogP contribution < -0.4 is 10.1 Å². The number of carbonyl (C=O) groups is 4. The fourth-order valence-electron chi connectivity index (χ4n) is 11.0. The Kier molecular flexibility index (Phi) is 41.1. The van der Waals surface area contributed by atoms with E-state index in [1.807, 2.05) is 42.2 Å². The predicted molar refractivity (Wildman–Crippen MR) is 366 cm³/mol. The number of nitrogens with zero attached hydrogens (tertiary/aromatic N) is 2. The molecule has 0 aliphatic carbocycles. The van der Waals surface area contributed by atoms with Crippen LogP contribution in [0, 0.1) is 12.3 Å². The summed E-state index contributed by atoms with van der Waals surface area (Å²) in [6, 6.07) is 13.8. The van der Waals surface area contributed by atoms with Crippen molar-refractivity contribution < 1.29 is 108 Å². The fourth-order valence-corrected chi connectivity index (χ4v) is 13.6. The number of hydrogen-bond donors (Lipinski definition) is 4. The highest BCUT2D eigenvalue weighted by Crippen LogP contribution is 2.50. The third-order valence-corrected chi connectivity index (χ3v) is 21.3. The van der Waals surface area contributed by atoms with Crippen LogP contribution in [0.4, 0.5) is 0 Å². The van der Waals surface area contributed by atoms with Gasteiger partial charge in [0.15, 0.2) is 0 Å². The van der Waals surface area contributed by atoms with Crippen molar-refractivity contribution in [3.05, 3.63) is 64.7 Å². The van der Waals surface area contributed by atoms with Gasteiger partial charge >= 0.3 is 26.1 Å². The maximum atomic E-state index is 13.2. The Morgan fingerprint density at radius 1 is 0.568 bits per heavy atom. The number of unbranched alkanes of at least 4 members (excludes halogenated alkanes) is 5. The Labute approximate surface area is 576 Å². The van der Waals surface area contributed by atoms with Gasteiger partial charge in [-0.3, -0.25) is 29.4 Å². The van der Waals surface area contributed by atoms with Crippen molar-refractivity contribution in [2.24, 2.45) is 5.41 Å². The van der Waals surface area contributed by atoms with E-state index in [1.54, 1.807) is 19.2 Å². The maximum Gasteiger partial charge on any atom is 0.324 e. The second-order valence-corrected chi connectivity index (χ2v) is 32.2. The zero-order valence-electron chi connectivity index (χ0n) is 55.8. The van der Waals surface area contributed by atoms with Crippen molar-refractivity contribution >= 4 is 79.3 Å². The quantitative estimate of drug-likeness (QED) is 0.0279. The van der Waals surface area contributed by atoms with Crippen LogP contribution in [0.25, 0.3) is 0 Å². The summed E-state index contributed by atoms with van der Waals surface area (Å²) in [5.74, 6) is -0.356. The molecule has 2 aromatic carbocycles. The van der Waals surface area contributed by atoms with Crippen LogP contribution in [0.2, 0.25) is 0 Å². The van der Waals surface area contributed by atoms with Crippen molar-refractivity contribution in [1.29, 1.82) is 0 Å². The molecular weight excluding hydrogens is 1360 g/mol. The minimum Gasteiger partial charge on any atom is -0.496 e. The van der Waals surface area contributed by atoms with Crippen molar-refractivity contribution in [3.63, 3.8) is 0 Å². The topological polar surface area (TPSA) is 295 Å². The van der Waals surface area contributed by atoms with E-state index in [0.717, 1.165) is 93.9 Å². The molecule has 2 bridgehead atoms. The number of aryl methyl sites for hydroxylation is 1. The van der Waals surface area contributed by atoms with Gasteiger partial charge in [0.2, 0.25) is 11.8 Å². The molecule has 5 rings (SSSR count). The van der Waals surface area contributed by atoms with Crippen LogP contribution in [-0.2, 0) is 133 Å². The summed E-state index contributed by atoms with van der Waals surface area (Å²) in [7, 11) is 4.17. The van der Waals surface area contributed by atoms with Gasteiger partial charge in [-0.05, 0) is 105 Å². The lowest BCUT2D eigenvalue weighted by Gasteiger charge is -2.48. The number of esters is 1. The molecule has 3 heterocycles. The lowest BCUT2D eigenvalue weighted by Crippen LogP contribution is -2.53. The van der Waals surface area contributed by atoms with Gasteiger partial charge in [-0.1, -0.05) is 61.9 Å². The van der Waals surface area contributed by atoms with Crippen LogP contribution in [0.5, 0.6) is 5.75 Å². The average molecular weight is 1460 g/mol. The standard InChI is InChI=1S/C63H104N3O23P3S3/c1-51-15-20-58(74-2)54(44-51)45-61(69)89-57-46-55-12-11-13-56(47-57)66(55)48-52-16-18-53(19-17-52)62(70)64-59(67)21-27-78-29-31-79-30-28-77-26-10-8-6-5-7-9-14-60(68)65-24-22-63(23-25-65,49-87-91(72,94)76-4)50-88-92(73,95)86-43-41-84-39-37-82-35-33-80-32-34-81-36-38-83-40-42-85-90(71,93)75-3/h15-20,44,55-57H,5-14,21-43,45-50H2,1-4H3,(H,71,93)(H,72,94)(H,73,95)(H,64,67,70). The lowest BCUT2D eigenvalue weighted by molar-refractivity contribution is -0.154. The SMILES string of the molecule is COc1ccc(C)cc1CC(=O)OC1CC2CCCC(C1)N2Cc1ccc(C(=O)NC(=O)CCOCCOCCOCCCCCCCCC(=O)N2CCC(COP(O)(=S)OC)(COP(O)(=S)OCCOCCOCCOCCOCCOCCOP(O)(=S)OC)CC2)cc1. The molecule has 542 valence electrons. The van der Waals surface area contributed by atoms with Gasteiger partial charge in [0.05, 0.1) is 145 Å². The molecule has 32 heteroatoms. The Bertz CT molecular complexity index is 2670. The number of carbonyl (C=O) groups excluding carboxylic acids is 4. The first-order chi connectivity index (χ1) is 45.7. The predicted octanol–water partition coefficient (Wildman–Crippen LogP) is 7.80. The summed E-state index contributed by atoms with van der Waals surface area (Å²) in [5, 5.41) is 2.46. The molecule has 0 aromatic heterocycles. The van der Waals surface area contributed by atoms with Crippen LogP contribution in [0.1, 0.15) is 123 Å². The second kappa shape index (κ2) is 46.9. The van der Waals surface area contributed by atoms with Crippen LogP contribution in [-0.4, -0.2) is 233 Å². The maximum absolute atomic E-state index is 13.2. The van der Waals surface area contributed by atoms with Gasteiger partial charge in [-0.25, -0.2) is 0 Å². The van der Waals surface area contributed by atoms with Gasteiger partial charge < -0.3 is 94.1 Å². The number of imide groups is 1. The van der Waals surface area contributed by atoms with Crippen LogP contribution in [0.3, 0.4) is 0 Å². The zero-order valence-corrected chi connectivity index (χ0v) is 61.0. The van der Waals surface area contributed by atoms with Crippen molar-refractivity contribution in [2.75, 3.05) is 167 Å². The summed E-state index contributed by atoms with van der Waals surface area (Å²) in [6.45, 7) is -1.16. The van der Waals surface area contributed by atoms with E-state index in [1.165, 1.54) is 14.2 Å². The molecule has 95 heavy (non-hydrogen) atoms. The van der Waals surface area contributed by atoms with E-state index in [-0.39, 0.29) is 83.7 Å². The van der Waals surface area contributed by atoms with Gasteiger partial charge in [0, 0.05) is 88.3 Å². The number of rotatable bonds is 53.